The van der Waals surface area contributed by atoms with Crippen LogP contribution in [0.3, 0.4) is 0 Å². The molecule has 1 aliphatic rings. The number of carbonyl (C=O) groups excluding carboxylic acids is 1. The Kier molecular flexibility index (Phi) is 4.57. The number of nitrogens with one attached hydrogen (secondary N) is 1. The van der Waals surface area contributed by atoms with Crippen LogP contribution in [0.25, 0.3) is 0 Å². The highest BCUT2D eigenvalue weighted by Crippen LogP contribution is 2.29. The summed E-state index contributed by atoms with van der Waals surface area (Å²) in [6, 6.07) is 2.15. The molecule has 0 bridgehead atoms. The van der Waals surface area contributed by atoms with Crippen molar-refractivity contribution < 1.29 is 9.53 Å². The number of rotatable bonds is 4. The van der Waals surface area contributed by atoms with Gasteiger partial charge in [-0.3, -0.25) is 4.79 Å². The van der Waals surface area contributed by atoms with E-state index in [1.807, 2.05) is 0 Å². The summed E-state index contributed by atoms with van der Waals surface area (Å²) in [6.45, 7) is 3.75. The fourth-order valence-electron chi connectivity index (χ4n) is 1.66. The van der Waals surface area contributed by atoms with E-state index < -0.39 is 5.41 Å². The van der Waals surface area contributed by atoms with Gasteiger partial charge < -0.3 is 10.1 Å². The average molecular weight is 210 g/mol. The number of unbranched alkanes of at least 4 members (excludes halogenated alkanes) is 1. The smallest absolute Gasteiger partial charge is 0.240 e. The van der Waals surface area contributed by atoms with Crippen molar-refractivity contribution in [3.05, 3.63) is 0 Å². The lowest BCUT2D eigenvalue weighted by Crippen LogP contribution is -2.44. The van der Waals surface area contributed by atoms with Gasteiger partial charge in [0.2, 0.25) is 5.91 Å². The van der Waals surface area contributed by atoms with Gasteiger partial charge in [-0.25, -0.2) is 0 Å². The number of hydrogen-bond donors (Lipinski definition) is 1. The zero-order valence-corrected chi connectivity index (χ0v) is 9.21. The molecule has 1 amide bonds. The maximum Gasteiger partial charge on any atom is 0.240 e. The minimum atomic E-state index is -0.841. The van der Waals surface area contributed by atoms with Gasteiger partial charge in [0.1, 0.15) is 5.41 Å². The van der Waals surface area contributed by atoms with Crippen LogP contribution in [0.1, 0.15) is 32.6 Å². The molecule has 1 N–H and O–H groups in total. The third-order valence-corrected chi connectivity index (χ3v) is 2.81. The van der Waals surface area contributed by atoms with Gasteiger partial charge in [-0.2, -0.15) is 5.26 Å². The Balaban J connectivity index is 2.50. The number of carbonyl (C=O) groups is 1. The summed E-state index contributed by atoms with van der Waals surface area (Å²) in [5, 5.41) is 11.9. The number of hydrogen-bond acceptors (Lipinski definition) is 3. The number of nitrogens with zero attached hydrogens (tertiary/aromatic N) is 1. The average Bonchev–Trinajstić information content (AvgIpc) is 2.30. The SMILES string of the molecule is CCCCNC(=O)C1(C#N)CCOCC1. The van der Waals surface area contributed by atoms with Crippen molar-refractivity contribution in [3.63, 3.8) is 0 Å². The van der Waals surface area contributed by atoms with E-state index in [4.69, 9.17) is 10.00 Å². The molecule has 1 saturated heterocycles. The van der Waals surface area contributed by atoms with E-state index in [2.05, 4.69) is 18.3 Å². The molecule has 0 atom stereocenters. The summed E-state index contributed by atoms with van der Waals surface area (Å²) in [5.41, 5.74) is -0.841. The first kappa shape index (κ1) is 12.0. The fourth-order valence-corrected chi connectivity index (χ4v) is 1.66. The first-order chi connectivity index (χ1) is 7.25. The lowest BCUT2D eigenvalue weighted by atomic mass is 9.81. The van der Waals surface area contributed by atoms with Crippen LogP contribution in [0, 0.1) is 16.7 Å². The van der Waals surface area contributed by atoms with Gasteiger partial charge in [-0.1, -0.05) is 13.3 Å². The minimum Gasteiger partial charge on any atom is -0.381 e. The van der Waals surface area contributed by atoms with Crippen LogP contribution in [-0.4, -0.2) is 25.7 Å². The van der Waals surface area contributed by atoms with Gasteiger partial charge in [0, 0.05) is 19.8 Å². The van der Waals surface area contributed by atoms with Crippen LogP contribution in [-0.2, 0) is 9.53 Å². The van der Waals surface area contributed by atoms with E-state index in [0.717, 1.165) is 12.8 Å². The largest absolute Gasteiger partial charge is 0.381 e. The van der Waals surface area contributed by atoms with Gasteiger partial charge in [0.25, 0.3) is 0 Å². The molecular formula is C11H18N2O2. The molecule has 0 aliphatic carbocycles. The fraction of sp³-hybridized carbons (Fsp3) is 0.818. The Hall–Kier alpha value is -1.08. The Morgan fingerprint density at radius 3 is 2.73 bits per heavy atom. The number of amides is 1. The molecule has 0 aromatic carbocycles. The lowest BCUT2D eigenvalue weighted by Gasteiger charge is -2.29. The Morgan fingerprint density at radius 1 is 1.53 bits per heavy atom. The van der Waals surface area contributed by atoms with E-state index in [9.17, 15) is 4.79 Å². The summed E-state index contributed by atoms with van der Waals surface area (Å²) in [5.74, 6) is -0.123. The van der Waals surface area contributed by atoms with Gasteiger partial charge >= 0.3 is 0 Å². The molecule has 1 aliphatic heterocycles. The zero-order valence-electron chi connectivity index (χ0n) is 9.21. The molecule has 4 heteroatoms. The second-order valence-electron chi connectivity index (χ2n) is 3.92. The minimum absolute atomic E-state index is 0.123. The molecule has 4 nitrogen and oxygen atoms in total. The number of nitriles is 1. The summed E-state index contributed by atoms with van der Waals surface area (Å²) in [7, 11) is 0. The van der Waals surface area contributed by atoms with Crippen LogP contribution in [0.4, 0.5) is 0 Å². The highest BCUT2D eigenvalue weighted by Gasteiger charge is 2.40. The zero-order chi connectivity index (χ0) is 11.1. The van der Waals surface area contributed by atoms with E-state index in [-0.39, 0.29) is 5.91 Å². The molecule has 1 fully saturated rings. The van der Waals surface area contributed by atoms with E-state index in [1.165, 1.54) is 0 Å². The van der Waals surface area contributed by atoms with Crippen LogP contribution < -0.4 is 5.32 Å². The summed E-state index contributed by atoms with van der Waals surface area (Å²) >= 11 is 0. The monoisotopic (exact) mass is 210 g/mol. The summed E-state index contributed by atoms with van der Waals surface area (Å²) < 4.78 is 5.17. The van der Waals surface area contributed by atoms with Crippen LogP contribution in [0.2, 0.25) is 0 Å². The first-order valence-electron chi connectivity index (χ1n) is 5.52. The maximum absolute atomic E-state index is 11.8. The van der Waals surface area contributed by atoms with Gasteiger partial charge in [-0.15, -0.1) is 0 Å². The van der Waals surface area contributed by atoms with Crippen molar-refractivity contribution in [2.45, 2.75) is 32.6 Å². The van der Waals surface area contributed by atoms with Crippen LogP contribution in [0.5, 0.6) is 0 Å². The number of ether oxygens (including phenoxy) is 1. The van der Waals surface area contributed by atoms with Gasteiger partial charge in [-0.05, 0) is 19.3 Å². The standard InChI is InChI=1S/C11H18N2O2/c1-2-3-6-13-10(14)11(9-12)4-7-15-8-5-11/h2-8H2,1H3,(H,13,14). The van der Waals surface area contributed by atoms with Crippen molar-refractivity contribution in [2.24, 2.45) is 5.41 Å². The molecule has 1 rings (SSSR count). The molecule has 0 saturated carbocycles. The summed E-state index contributed by atoms with van der Waals surface area (Å²) in [6.07, 6.45) is 3.04. The predicted octanol–water partition coefficient (Wildman–Crippen LogP) is 1.22. The van der Waals surface area contributed by atoms with Gasteiger partial charge in [0.15, 0.2) is 0 Å². The van der Waals surface area contributed by atoms with Crippen molar-refractivity contribution in [3.8, 4) is 6.07 Å². The highest BCUT2D eigenvalue weighted by molar-refractivity contribution is 5.85. The Bertz CT molecular complexity index is 252. The van der Waals surface area contributed by atoms with Crippen molar-refractivity contribution >= 4 is 5.91 Å². The Labute approximate surface area is 90.6 Å². The maximum atomic E-state index is 11.8. The van der Waals surface area contributed by atoms with Crippen molar-refractivity contribution in [2.75, 3.05) is 19.8 Å². The van der Waals surface area contributed by atoms with Crippen molar-refractivity contribution in [1.82, 2.24) is 5.32 Å². The third kappa shape index (κ3) is 2.93. The Morgan fingerprint density at radius 2 is 2.20 bits per heavy atom. The molecule has 1 heterocycles. The molecule has 0 aromatic rings. The topological polar surface area (TPSA) is 62.1 Å². The van der Waals surface area contributed by atoms with Crippen LogP contribution in [0.15, 0.2) is 0 Å². The lowest BCUT2D eigenvalue weighted by molar-refractivity contribution is -0.132. The molecular weight excluding hydrogens is 192 g/mol. The van der Waals surface area contributed by atoms with E-state index in [1.54, 1.807) is 0 Å². The normalized spacial score (nSPS) is 19.2. The van der Waals surface area contributed by atoms with E-state index in [0.29, 0.717) is 32.6 Å². The highest BCUT2D eigenvalue weighted by atomic mass is 16.5. The molecule has 0 radical (unpaired) electrons. The second-order valence-corrected chi connectivity index (χ2v) is 3.92. The first-order valence-corrected chi connectivity index (χ1v) is 5.52. The van der Waals surface area contributed by atoms with Gasteiger partial charge in [0.05, 0.1) is 6.07 Å². The molecule has 0 spiro atoms. The molecule has 0 aromatic heterocycles. The third-order valence-electron chi connectivity index (χ3n) is 2.81. The second kappa shape index (κ2) is 5.72. The van der Waals surface area contributed by atoms with E-state index >= 15 is 0 Å². The molecule has 84 valence electrons. The van der Waals surface area contributed by atoms with Crippen LogP contribution >= 0.6 is 0 Å². The molecule has 0 unspecified atom stereocenters. The van der Waals surface area contributed by atoms with Crippen molar-refractivity contribution in [1.29, 1.82) is 5.26 Å². The predicted molar refractivity (Wildman–Crippen MR) is 56.0 cm³/mol. The summed E-state index contributed by atoms with van der Waals surface area (Å²) in [4.78, 5) is 11.8. The quantitative estimate of drug-likeness (QED) is 0.710. The molecule has 15 heavy (non-hydrogen) atoms.